The number of nitrogens with two attached hydrogens (primary N) is 1. The second-order valence-corrected chi connectivity index (χ2v) is 6.24. The Morgan fingerprint density at radius 3 is 2.50 bits per heavy atom. The molecule has 0 aliphatic carbocycles. The molecule has 2 aromatic rings. The molecule has 4 nitrogen and oxygen atoms in total. The summed E-state index contributed by atoms with van der Waals surface area (Å²) in [5.41, 5.74) is 5.49. The molecule has 2 rings (SSSR count). The van der Waals surface area contributed by atoms with Crippen LogP contribution in [0.2, 0.25) is 0 Å². The number of aromatic nitrogens is 1. The van der Waals surface area contributed by atoms with Crippen LogP contribution >= 0.6 is 23.7 Å². The number of hydrogen-bond acceptors (Lipinski definition) is 4. The summed E-state index contributed by atoms with van der Waals surface area (Å²) in [6.45, 7) is 1.96. The number of nitrogens with one attached hydrogen (secondary N) is 1. The molecule has 1 aromatic carbocycles. The average Bonchev–Trinajstić information content (AvgIpc) is 2.93. The molecule has 24 heavy (non-hydrogen) atoms. The number of hydrogen-bond donors (Lipinski definition) is 2. The van der Waals surface area contributed by atoms with E-state index in [1.165, 1.54) is 23.5 Å². The molecule has 0 spiro atoms. The standard InChI is InChI=1S/C15H16F3N3OS.ClH/c1-9(7-19)13(22)21-14-20-8-12(23-14)6-10-2-4-11(5-3-10)15(16,17)18;/h2-5,8-9H,6-7,19H2,1H3,(H,20,21,22);1H. The van der Waals surface area contributed by atoms with Gasteiger partial charge in [0.05, 0.1) is 5.56 Å². The highest BCUT2D eigenvalue weighted by Crippen LogP contribution is 2.29. The topological polar surface area (TPSA) is 68.0 Å². The Balaban J connectivity index is 0.00000288. The molecular formula is C15H17ClF3N3OS. The van der Waals surface area contributed by atoms with E-state index in [1.807, 2.05) is 0 Å². The zero-order valence-electron chi connectivity index (χ0n) is 12.8. The Morgan fingerprint density at radius 1 is 1.33 bits per heavy atom. The van der Waals surface area contributed by atoms with Gasteiger partial charge in [-0.1, -0.05) is 19.1 Å². The predicted molar refractivity (Wildman–Crippen MR) is 90.5 cm³/mol. The van der Waals surface area contributed by atoms with E-state index in [9.17, 15) is 18.0 Å². The molecule has 0 fully saturated rings. The third kappa shape index (κ3) is 5.47. The van der Waals surface area contributed by atoms with Gasteiger partial charge in [-0.25, -0.2) is 4.98 Å². The number of carbonyl (C=O) groups excluding carboxylic acids is 1. The molecule has 0 saturated carbocycles. The summed E-state index contributed by atoms with van der Waals surface area (Å²) in [6, 6.07) is 5.00. The fourth-order valence-corrected chi connectivity index (χ4v) is 2.65. The van der Waals surface area contributed by atoms with Crippen molar-refractivity contribution in [3.05, 3.63) is 46.5 Å². The molecule has 0 radical (unpaired) electrons. The van der Waals surface area contributed by atoms with Gasteiger partial charge in [-0.05, 0) is 17.7 Å². The summed E-state index contributed by atoms with van der Waals surface area (Å²) in [5, 5.41) is 3.12. The van der Waals surface area contributed by atoms with Gasteiger partial charge in [0.2, 0.25) is 5.91 Å². The van der Waals surface area contributed by atoms with Gasteiger partial charge in [-0.3, -0.25) is 4.79 Å². The number of halogens is 4. The third-order valence-corrected chi connectivity index (χ3v) is 4.16. The summed E-state index contributed by atoms with van der Waals surface area (Å²) < 4.78 is 37.5. The molecule has 0 saturated heterocycles. The Kier molecular flexibility index (Phi) is 7.19. The lowest BCUT2D eigenvalue weighted by atomic mass is 10.1. The molecule has 9 heteroatoms. The van der Waals surface area contributed by atoms with E-state index in [2.05, 4.69) is 10.3 Å². The van der Waals surface area contributed by atoms with Crippen molar-refractivity contribution in [2.75, 3.05) is 11.9 Å². The summed E-state index contributed by atoms with van der Waals surface area (Å²) in [7, 11) is 0. The molecule has 0 aliphatic heterocycles. The lowest BCUT2D eigenvalue weighted by Crippen LogP contribution is -2.26. The molecule has 1 unspecified atom stereocenters. The molecule has 1 atom stereocenters. The first kappa shape index (κ1) is 20.4. The fourth-order valence-electron chi connectivity index (χ4n) is 1.80. The number of benzene rings is 1. The van der Waals surface area contributed by atoms with Crippen LogP contribution in [0.5, 0.6) is 0 Å². The largest absolute Gasteiger partial charge is 0.416 e. The SMILES string of the molecule is CC(CN)C(=O)Nc1ncc(Cc2ccc(C(F)(F)F)cc2)s1.Cl. The Labute approximate surface area is 147 Å². The number of alkyl halides is 3. The Hall–Kier alpha value is -1.64. The van der Waals surface area contributed by atoms with Crippen LogP contribution in [0, 0.1) is 5.92 Å². The van der Waals surface area contributed by atoms with E-state index in [0.29, 0.717) is 11.6 Å². The van der Waals surface area contributed by atoms with Gasteiger partial charge in [-0.15, -0.1) is 23.7 Å². The molecule has 1 heterocycles. The van der Waals surface area contributed by atoms with Crippen molar-refractivity contribution in [1.82, 2.24) is 4.98 Å². The lowest BCUT2D eigenvalue weighted by Gasteiger charge is -2.07. The second kappa shape index (κ2) is 8.46. The number of carbonyl (C=O) groups is 1. The summed E-state index contributed by atoms with van der Waals surface area (Å²) >= 11 is 1.29. The van der Waals surface area contributed by atoms with Crippen LogP contribution in [-0.2, 0) is 17.4 Å². The highest BCUT2D eigenvalue weighted by Gasteiger charge is 2.29. The van der Waals surface area contributed by atoms with Crippen molar-refractivity contribution in [2.24, 2.45) is 11.7 Å². The van der Waals surface area contributed by atoms with Gasteiger partial charge in [0, 0.05) is 30.0 Å². The van der Waals surface area contributed by atoms with Crippen LogP contribution in [0.4, 0.5) is 18.3 Å². The summed E-state index contributed by atoms with van der Waals surface area (Å²) in [4.78, 5) is 16.7. The first-order chi connectivity index (χ1) is 10.8. The van der Waals surface area contributed by atoms with E-state index in [-0.39, 0.29) is 30.8 Å². The van der Waals surface area contributed by atoms with Crippen molar-refractivity contribution in [1.29, 1.82) is 0 Å². The van der Waals surface area contributed by atoms with Crippen LogP contribution in [0.15, 0.2) is 30.5 Å². The first-order valence-electron chi connectivity index (χ1n) is 6.91. The van der Waals surface area contributed by atoms with E-state index in [4.69, 9.17) is 5.73 Å². The maximum absolute atomic E-state index is 12.5. The van der Waals surface area contributed by atoms with Gasteiger partial charge < -0.3 is 11.1 Å². The highest BCUT2D eigenvalue weighted by molar-refractivity contribution is 7.15. The van der Waals surface area contributed by atoms with Crippen LogP contribution < -0.4 is 11.1 Å². The minimum Gasteiger partial charge on any atom is -0.330 e. The van der Waals surface area contributed by atoms with Crippen LogP contribution in [0.25, 0.3) is 0 Å². The van der Waals surface area contributed by atoms with E-state index >= 15 is 0 Å². The van der Waals surface area contributed by atoms with Gasteiger partial charge in [0.1, 0.15) is 0 Å². The van der Waals surface area contributed by atoms with Crippen LogP contribution in [-0.4, -0.2) is 17.4 Å². The average molecular weight is 380 g/mol. The van der Waals surface area contributed by atoms with E-state index < -0.39 is 11.7 Å². The fraction of sp³-hybridized carbons (Fsp3) is 0.333. The van der Waals surface area contributed by atoms with Crippen molar-refractivity contribution >= 4 is 34.8 Å². The third-order valence-electron chi connectivity index (χ3n) is 3.24. The van der Waals surface area contributed by atoms with Crippen molar-refractivity contribution in [3.63, 3.8) is 0 Å². The normalized spacial score (nSPS) is 12.4. The van der Waals surface area contributed by atoms with Crippen LogP contribution in [0.3, 0.4) is 0 Å². The van der Waals surface area contributed by atoms with Crippen molar-refractivity contribution in [3.8, 4) is 0 Å². The minimum atomic E-state index is -4.33. The zero-order chi connectivity index (χ0) is 17.0. The highest BCUT2D eigenvalue weighted by atomic mass is 35.5. The van der Waals surface area contributed by atoms with Gasteiger partial charge in [0.15, 0.2) is 5.13 Å². The van der Waals surface area contributed by atoms with Crippen molar-refractivity contribution < 1.29 is 18.0 Å². The van der Waals surface area contributed by atoms with E-state index in [0.717, 1.165) is 22.6 Å². The predicted octanol–water partition coefficient (Wildman–Crippen LogP) is 3.71. The first-order valence-corrected chi connectivity index (χ1v) is 7.73. The Morgan fingerprint density at radius 2 is 1.96 bits per heavy atom. The minimum absolute atomic E-state index is 0. The molecule has 3 N–H and O–H groups in total. The number of anilines is 1. The smallest absolute Gasteiger partial charge is 0.330 e. The maximum Gasteiger partial charge on any atom is 0.416 e. The van der Waals surface area contributed by atoms with E-state index in [1.54, 1.807) is 13.1 Å². The van der Waals surface area contributed by atoms with Gasteiger partial charge in [-0.2, -0.15) is 13.2 Å². The summed E-state index contributed by atoms with van der Waals surface area (Å²) in [6.07, 6.45) is -2.27. The number of amides is 1. The second-order valence-electron chi connectivity index (χ2n) is 5.13. The van der Waals surface area contributed by atoms with Gasteiger partial charge in [0.25, 0.3) is 0 Å². The maximum atomic E-state index is 12.5. The van der Waals surface area contributed by atoms with Gasteiger partial charge >= 0.3 is 6.18 Å². The monoisotopic (exact) mass is 379 g/mol. The lowest BCUT2D eigenvalue weighted by molar-refractivity contribution is -0.137. The molecule has 132 valence electrons. The molecular weight excluding hydrogens is 363 g/mol. The molecule has 1 aromatic heterocycles. The van der Waals surface area contributed by atoms with Crippen LogP contribution in [0.1, 0.15) is 22.9 Å². The molecule has 0 bridgehead atoms. The summed E-state index contributed by atoms with van der Waals surface area (Å²) in [5.74, 6) is -0.514. The molecule has 0 aliphatic rings. The Bertz CT molecular complexity index is 673. The quantitative estimate of drug-likeness (QED) is 0.832. The van der Waals surface area contributed by atoms with Crippen molar-refractivity contribution in [2.45, 2.75) is 19.5 Å². The zero-order valence-corrected chi connectivity index (χ0v) is 14.4. The number of nitrogens with zero attached hydrogens (tertiary/aromatic N) is 1. The number of thiazole rings is 1. The molecule has 1 amide bonds. The number of rotatable bonds is 5.